The highest BCUT2D eigenvalue weighted by Gasteiger charge is 2.14. The number of fused-ring (bicyclic) bond motifs is 1. The van der Waals surface area contributed by atoms with Crippen LogP contribution in [0.15, 0.2) is 84.9 Å². The van der Waals surface area contributed by atoms with E-state index in [9.17, 15) is 19.5 Å². The third-order valence-corrected chi connectivity index (χ3v) is 5.69. The molecule has 0 spiro atoms. The van der Waals surface area contributed by atoms with Crippen molar-refractivity contribution in [3.63, 3.8) is 0 Å². The van der Waals surface area contributed by atoms with Crippen molar-refractivity contribution >= 4 is 45.7 Å². The van der Waals surface area contributed by atoms with Gasteiger partial charge in [-0.25, -0.2) is 4.79 Å². The number of carbonyl (C=O) groups is 3. The Bertz CT molecular complexity index is 1380. The lowest BCUT2D eigenvalue weighted by molar-refractivity contribution is -0.116. The molecule has 5 nitrogen and oxygen atoms in total. The highest BCUT2D eigenvalue weighted by molar-refractivity contribution is 6.35. The fourth-order valence-electron chi connectivity index (χ4n) is 3.64. The molecule has 0 fully saturated rings. The van der Waals surface area contributed by atoms with Crippen LogP contribution in [0.2, 0.25) is 5.02 Å². The summed E-state index contributed by atoms with van der Waals surface area (Å²) in [7, 11) is 0. The van der Waals surface area contributed by atoms with Crippen LogP contribution in [0, 0.1) is 0 Å². The molecule has 0 radical (unpaired) electrons. The van der Waals surface area contributed by atoms with Crippen LogP contribution in [0.25, 0.3) is 10.8 Å². The number of amides is 1. The standard InChI is InChI=1S/C27H20ClNO4/c28-23-7-3-1-5-21(23)26(31)20-13-12-18-15-17(9-11-19(18)16-20)10-14-25(30)29-24-8-4-2-6-22(24)27(32)33/h1-9,11-13,15-16H,10,14H2,(H,29,30)(H,32,33). The molecule has 33 heavy (non-hydrogen) atoms. The summed E-state index contributed by atoms with van der Waals surface area (Å²) in [5.74, 6) is -1.48. The van der Waals surface area contributed by atoms with Crippen LogP contribution < -0.4 is 5.32 Å². The van der Waals surface area contributed by atoms with E-state index in [2.05, 4.69) is 5.32 Å². The summed E-state index contributed by atoms with van der Waals surface area (Å²) < 4.78 is 0. The van der Waals surface area contributed by atoms with Crippen molar-refractivity contribution in [2.45, 2.75) is 12.8 Å². The number of aryl methyl sites for hydroxylation is 1. The Morgan fingerprint density at radius 2 is 1.45 bits per heavy atom. The maximum absolute atomic E-state index is 12.8. The number of nitrogens with one attached hydrogen (secondary N) is 1. The van der Waals surface area contributed by atoms with E-state index in [1.54, 1.807) is 48.5 Å². The van der Waals surface area contributed by atoms with Crippen molar-refractivity contribution in [2.75, 3.05) is 5.32 Å². The van der Waals surface area contributed by atoms with E-state index >= 15 is 0 Å². The van der Waals surface area contributed by atoms with Crippen LogP contribution in [-0.2, 0) is 11.2 Å². The van der Waals surface area contributed by atoms with Crippen LogP contribution in [0.1, 0.15) is 38.3 Å². The number of hydrogen-bond donors (Lipinski definition) is 2. The van der Waals surface area contributed by atoms with Gasteiger partial charge >= 0.3 is 5.97 Å². The predicted molar refractivity (Wildman–Crippen MR) is 129 cm³/mol. The van der Waals surface area contributed by atoms with E-state index in [0.29, 0.717) is 22.6 Å². The van der Waals surface area contributed by atoms with E-state index in [1.807, 2.05) is 30.3 Å². The molecule has 4 aromatic carbocycles. The molecule has 1 amide bonds. The van der Waals surface area contributed by atoms with Crippen LogP contribution in [0.3, 0.4) is 0 Å². The number of carbonyl (C=O) groups excluding carboxylic acids is 2. The molecular weight excluding hydrogens is 438 g/mol. The van der Waals surface area contributed by atoms with E-state index < -0.39 is 5.97 Å². The quantitative estimate of drug-likeness (QED) is 0.334. The largest absolute Gasteiger partial charge is 0.478 e. The summed E-state index contributed by atoms with van der Waals surface area (Å²) in [4.78, 5) is 36.5. The molecule has 0 aliphatic rings. The molecule has 0 saturated heterocycles. The van der Waals surface area contributed by atoms with Gasteiger partial charge in [-0.05, 0) is 53.1 Å². The summed E-state index contributed by atoms with van der Waals surface area (Å²) in [5.41, 5.74) is 2.32. The molecule has 4 rings (SSSR count). The highest BCUT2D eigenvalue weighted by Crippen LogP contribution is 2.24. The van der Waals surface area contributed by atoms with Gasteiger partial charge in [0.15, 0.2) is 5.78 Å². The molecular formula is C27H20ClNO4. The average Bonchev–Trinajstić information content (AvgIpc) is 2.82. The Balaban J connectivity index is 1.45. The lowest BCUT2D eigenvalue weighted by Crippen LogP contribution is -2.15. The van der Waals surface area contributed by atoms with Gasteiger partial charge in [0.25, 0.3) is 0 Å². The number of aromatic carboxylic acids is 1. The predicted octanol–water partition coefficient (Wildman–Crippen LogP) is 5.99. The van der Waals surface area contributed by atoms with Gasteiger partial charge in [-0.15, -0.1) is 0 Å². The lowest BCUT2D eigenvalue weighted by Gasteiger charge is -2.09. The molecule has 6 heteroatoms. The van der Waals surface area contributed by atoms with Crippen molar-refractivity contribution < 1.29 is 19.5 Å². The zero-order chi connectivity index (χ0) is 23.4. The van der Waals surface area contributed by atoms with Gasteiger partial charge in [0.2, 0.25) is 5.91 Å². The lowest BCUT2D eigenvalue weighted by atomic mass is 9.98. The van der Waals surface area contributed by atoms with E-state index in [4.69, 9.17) is 11.6 Å². The Labute approximate surface area is 195 Å². The van der Waals surface area contributed by atoms with Gasteiger partial charge in [-0.2, -0.15) is 0 Å². The first-order chi connectivity index (χ1) is 15.9. The molecule has 4 aromatic rings. The number of anilines is 1. The molecule has 164 valence electrons. The minimum Gasteiger partial charge on any atom is -0.478 e. The molecule has 0 atom stereocenters. The van der Waals surface area contributed by atoms with Gasteiger partial charge in [-0.1, -0.05) is 66.2 Å². The monoisotopic (exact) mass is 457 g/mol. The van der Waals surface area contributed by atoms with Crippen LogP contribution in [0.4, 0.5) is 5.69 Å². The molecule has 0 bridgehead atoms. The number of hydrogen-bond acceptors (Lipinski definition) is 3. The highest BCUT2D eigenvalue weighted by atomic mass is 35.5. The number of rotatable bonds is 7. The zero-order valence-corrected chi connectivity index (χ0v) is 18.3. The van der Waals surface area contributed by atoms with Crippen LogP contribution in [0.5, 0.6) is 0 Å². The molecule has 0 aromatic heterocycles. The maximum atomic E-state index is 12.8. The van der Waals surface area contributed by atoms with E-state index in [0.717, 1.165) is 16.3 Å². The topological polar surface area (TPSA) is 83.5 Å². The Kier molecular flexibility index (Phi) is 6.52. The van der Waals surface area contributed by atoms with E-state index in [1.165, 1.54) is 6.07 Å². The van der Waals surface area contributed by atoms with Gasteiger partial charge in [0, 0.05) is 17.5 Å². The number of carboxylic acid groups (broad SMARTS) is 1. The summed E-state index contributed by atoms with van der Waals surface area (Å²) in [6.07, 6.45) is 0.708. The fourth-order valence-corrected chi connectivity index (χ4v) is 3.86. The molecule has 2 N–H and O–H groups in total. The summed E-state index contributed by atoms with van der Waals surface area (Å²) in [6.45, 7) is 0. The zero-order valence-electron chi connectivity index (χ0n) is 17.5. The van der Waals surface area contributed by atoms with Gasteiger partial charge in [0.05, 0.1) is 16.3 Å². The number of benzene rings is 4. The first-order valence-electron chi connectivity index (χ1n) is 10.4. The fraction of sp³-hybridized carbons (Fsp3) is 0.0741. The van der Waals surface area contributed by atoms with Crippen LogP contribution >= 0.6 is 11.6 Å². The normalized spacial score (nSPS) is 10.7. The Morgan fingerprint density at radius 3 is 2.21 bits per heavy atom. The van der Waals surface area contributed by atoms with Crippen molar-refractivity contribution in [1.82, 2.24) is 0 Å². The first-order valence-corrected chi connectivity index (χ1v) is 10.7. The second-order valence-corrected chi connectivity index (χ2v) is 8.01. The minimum absolute atomic E-state index is 0.0543. The SMILES string of the molecule is O=C(CCc1ccc2cc(C(=O)c3ccccc3Cl)ccc2c1)Nc1ccccc1C(=O)O. The number of halogens is 1. The maximum Gasteiger partial charge on any atom is 0.337 e. The second-order valence-electron chi connectivity index (χ2n) is 7.60. The minimum atomic E-state index is -1.09. The summed E-state index contributed by atoms with van der Waals surface area (Å²) in [5, 5.41) is 14.2. The Hall–Kier alpha value is -3.96. The average molecular weight is 458 g/mol. The van der Waals surface area contributed by atoms with Crippen LogP contribution in [-0.4, -0.2) is 22.8 Å². The molecule has 0 saturated carbocycles. The smallest absolute Gasteiger partial charge is 0.337 e. The molecule has 0 aliphatic carbocycles. The number of para-hydroxylation sites is 1. The molecule has 0 unspecified atom stereocenters. The number of ketones is 1. The second kappa shape index (κ2) is 9.67. The van der Waals surface area contributed by atoms with Crippen molar-refractivity contribution in [2.24, 2.45) is 0 Å². The Morgan fingerprint density at radius 1 is 0.788 bits per heavy atom. The third kappa shape index (κ3) is 5.10. The summed E-state index contributed by atoms with van der Waals surface area (Å²) >= 11 is 6.16. The van der Waals surface area contributed by atoms with Gasteiger partial charge in [-0.3, -0.25) is 9.59 Å². The summed E-state index contributed by atoms with van der Waals surface area (Å²) in [6, 6.07) is 24.6. The van der Waals surface area contributed by atoms with Crippen molar-refractivity contribution in [3.8, 4) is 0 Å². The third-order valence-electron chi connectivity index (χ3n) is 5.36. The van der Waals surface area contributed by atoms with Crippen molar-refractivity contribution in [1.29, 1.82) is 0 Å². The first kappa shape index (κ1) is 22.2. The van der Waals surface area contributed by atoms with Gasteiger partial charge in [0.1, 0.15) is 0 Å². The number of carboxylic acids is 1. The van der Waals surface area contributed by atoms with E-state index in [-0.39, 0.29) is 29.4 Å². The molecule has 0 heterocycles. The van der Waals surface area contributed by atoms with Crippen molar-refractivity contribution in [3.05, 3.63) is 112 Å². The van der Waals surface area contributed by atoms with Gasteiger partial charge < -0.3 is 10.4 Å². The molecule has 0 aliphatic heterocycles.